The zero-order chi connectivity index (χ0) is 21.2. The van der Waals surface area contributed by atoms with E-state index in [0.29, 0.717) is 17.0 Å². The molecule has 0 saturated carbocycles. The Bertz CT molecular complexity index is 1150. The molecule has 0 saturated heterocycles. The fourth-order valence-corrected chi connectivity index (χ4v) is 3.90. The molecule has 152 valence electrons. The molecule has 0 aliphatic carbocycles. The highest BCUT2D eigenvalue weighted by molar-refractivity contribution is 7.92. The van der Waals surface area contributed by atoms with Gasteiger partial charge >= 0.3 is 0 Å². The van der Waals surface area contributed by atoms with Crippen LogP contribution in [0.25, 0.3) is 0 Å². The van der Waals surface area contributed by atoms with Gasteiger partial charge in [0.1, 0.15) is 17.3 Å². The molecule has 0 atom stereocenters. The van der Waals surface area contributed by atoms with Gasteiger partial charge in [0.15, 0.2) is 0 Å². The first kappa shape index (κ1) is 20.8. The fourth-order valence-electron chi connectivity index (χ4n) is 2.57. The minimum absolute atomic E-state index is 0.174. The number of hydrogen-bond donors (Lipinski definition) is 1. The second kappa shape index (κ2) is 8.22. The Morgan fingerprint density at radius 2 is 1.90 bits per heavy atom. The lowest BCUT2D eigenvalue weighted by Crippen LogP contribution is -2.26. The van der Waals surface area contributed by atoms with E-state index >= 15 is 0 Å². The van der Waals surface area contributed by atoms with Gasteiger partial charge in [-0.2, -0.15) is 0 Å². The van der Waals surface area contributed by atoms with Gasteiger partial charge in [-0.25, -0.2) is 12.8 Å². The third-order valence-electron chi connectivity index (χ3n) is 4.01. The predicted molar refractivity (Wildman–Crippen MR) is 106 cm³/mol. The van der Waals surface area contributed by atoms with E-state index in [1.807, 2.05) is 0 Å². The average Bonchev–Trinajstić information content (AvgIpc) is 3.08. The number of anilines is 1. The van der Waals surface area contributed by atoms with Crippen molar-refractivity contribution in [3.63, 3.8) is 0 Å². The second-order valence-corrected chi connectivity index (χ2v) is 8.44. The SMILES string of the molecule is Cc1cc(CN(C)C(=O)c2ccc(NS(=O)(=O)c3ccc(F)c(Cl)c3)cc2)no1. The number of benzene rings is 2. The lowest BCUT2D eigenvalue weighted by molar-refractivity contribution is 0.0782. The third-order valence-corrected chi connectivity index (χ3v) is 5.68. The number of sulfonamides is 1. The Hall–Kier alpha value is -2.91. The molecule has 2 aromatic carbocycles. The van der Waals surface area contributed by atoms with Crippen LogP contribution in [-0.2, 0) is 16.6 Å². The van der Waals surface area contributed by atoms with Crippen LogP contribution in [0.2, 0.25) is 5.02 Å². The van der Waals surface area contributed by atoms with E-state index in [0.717, 1.165) is 18.2 Å². The van der Waals surface area contributed by atoms with Gasteiger partial charge in [-0.1, -0.05) is 16.8 Å². The number of halogens is 2. The van der Waals surface area contributed by atoms with Crippen LogP contribution in [0.4, 0.5) is 10.1 Å². The summed E-state index contributed by atoms with van der Waals surface area (Å²) in [6, 6.07) is 10.8. The molecule has 29 heavy (non-hydrogen) atoms. The topological polar surface area (TPSA) is 92.5 Å². The van der Waals surface area contributed by atoms with Gasteiger partial charge in [0, 0.05) is 24.4 Å². The molecule has 0 bridgehead atoms. The van der Waals surface area contributed by atoms with E-state index in [4.69, 9.17) is 16.1 Å². The summed E-state index contributed by atoms with van der Waals surface area (Å²) in [5.74, 6) is -0.316. The molecule has 0 radical (unpaired) electrons. The molecule has 3 rings (SSSR count). The van der Waals surface area contributed by atoms with Crippen molar-refractivity contribution in [1.29, 1.82) is 0 Å². The zero-order valence-electron chi connectivity index (χ0n) is 15.5. The van der Waals surface area contributed by atoms with Crippen LogP contribution >= 0.6 is 11.6 Å². The largest absolute Gasteiger partial charge is 0.361 e. The average molecular weight is 438 g/mol. The number of carbonyl (C=O) groups is 1. The quantitative estimate of drug-likeness (QED) is 0.632. The maximum atomic E-state index is 13.2. The number of amides is 1. The van der Waals surface area contributed by atoms with Crippen molar-refractivity contribution in [2.24, 2.45) is 0 Å². The summed E-state index contributed by atoms with van der Waals surface area (Å²) in [5, 5.41) is 3.56. The first-order valence-corrected chi connectivity index (χ1v) is 10.3. The Labute approximate surface area is 172 Å². The lowest BCUT2D eigenvalue weighted by Gasteiger charge is -2.16. The normalized spacial score (nSPS) is 11.3. The molecule has 0 unspecified atom stereocenters. The number of rotatable bonds is 6. The van der Waals surface area contributed by atoms with Gasteiger partial charge in [-0.05, 0) is 49.4 Å². The number of aryl methyl sites for hydroxylation is 1. The van der Waals surface area contributed by atoms with Crippen LogP contribution in [0.1, 0.15) is 21.8 Å². The summed E-state index contributed by atoms with van der Waals surface area (Å²) in [7, 11) is -2.33. The highest BCUT2D eigenvalue weighted by Crippen LogP contribution is 2.22. The molecule has 1 aromatic heterocycles. The van der Waals surface area contributed by atoms with E-state index in [9.17, 15) is 17.6 Å². The summed E-state index contributed by atoms with van der Waals surface area (Å²) in [5.41, 5.74) is 1.25. The molecule has 0 fully saturated rings. The summed E-state index contributed by atoms with van der Waals surface area (Å²) < 4.78 is 45.4. The molecule has 1 heterocycles. The fraction of sp³-hybridized carbons (Fsp3) is 0.158. The van der Waals surface area contributed by atoms with Crippen molar-refractivity contribution in [1.82, 2.24) is 10.1 Å². The van der Waals surface area contributed by atoms with Crippen molar-refractivity contribution in [3.05, 3.63) is 76.4 Å². The van der Waals surface area contributed by atoms with Crippen molar-refractivity contribution in [2.75, 3.05) is 11.8 Å². The van der Waals surface area contributed by atoms with E-state index < -0.39 is 15.8 Å². The smallest absolute Gasteiger partial charge is 0.261 e. The van der Waals surface area contributed by atoms with Gasteiger partial charge in [0.05, 0.1) is 16.5 Å². The van der Waals surface area contributed by atoms with Crippen LogP contribution in [-0.4, -0.2) is 31.4 Å². The minimum atomic E-state index is -3.96. The first-order chi connectivity index (χ1) is 13.7. The molecule has 1 amide bonds. The van der Waals surface area contributed by atoms with Crippen molar-refractivity contribution in [2.45, 2.75) is 18.4 Å². The van der Waals surface area contributed by atoms with Crippen molar-refractivity contribution in [3.8, 4) is 0 Å². The molecule has 0 aliphatic rings. The van der Waals surface area contributed by atoms with E-state index in [2.05, 4.69) is 9.88 Å². The molecular weight excluding hydrogens is 421 g/mol. The molecule has 3 aromatic rings. The Kier molecular flexibility index (Phi) is 5.90. The first-order valence-electron chi connectivity index (χ1n) is 8.41. The minimum Gasteiger partial charge on any atom is -0.361 e. The van der Waals surface area contributed by atoms with E-state index in [1.54, 1.807) is 20.0 Å². The van der Waals surface area contributed by atoms with Crippen LogP contribution in [0.3, 0.4) is 0 Å². The molecule has 1 N–H and O–H groups in total. The van der Waals surface area contributed by atoms with Gasteiger partial charge < -0.3 is 9.42 Å². The van der Waals surface area contributed by atoms with Crippen LogP contribution in [0.15, 0.2) is 57.9 Å². The summed E-state index contributed by atoms with van der Waals surface area (Å²) in [4.78, 5) is 13.8. The standard InChI is InChI=1S/C19H17ClFN3O4S/c1-12-9-15(22-28-12)11-24(2)19(25)13-3-5-14(6-4-13)23-29(26,27)16-7-8-18(21)17(20)10-16/h3-10,23H,11H2,1-2H3. The van der Waals surface area contributed by atoms with Gasteiger partial charge in [0.2, 0.25) is 0 Å². The lowest BCUT2D eigenvalue weighted by atomic mass is 10.2. The highest BCUT2D eigenvalue weighted by Gasteiger charge is 2.17. The monoisotopic (exact) mass is 437 g/mol. The van der Waals surface area contributed by atoms with Crippen molar-refractivity contribution >= 4 is 33.2 Å². The van der Waals surface area contributed by atoms with Gasteiger partial charge in [0.25, 0.3) is 15.9 Å². The third kappa shape index (κ3) is 4.93. The van der Waals surface area contributed by atoms with Gasteiger partial charge in [-0.15, -0.1) is 0 Å². The molecule has 0 aliphatic heterocycles. The molecule has 0 spiro atoms. The number of nitrogens with zero attached hydrogens (tertiary/aromatic N) is 2. The van der Waals surface area contributed by atoms with Crippen LogP contribution < -0.4 is 4.72 Å². The van der Waals surface area contributed by atoms with E-state index in [-0.39, 0.29) is 28.1 Å². The summed E-state index contributed by atoms with van der Waals surface area (Å²) >= 11 is 5.65. The molecular formula is C19H17ClFN3O4S. The number of hydrogen-bond acceptors (Lipinski definition) is 5. The summed E-state index contributed by atoms with van der Waals surface area (Å²) in [6.45, 7) is 2.04. The highest BCUT2D eigenvalue weighted by atomic mass is 35.5. The van der Waals surface area contributed by atoms with Gasteiger partial charge in [-0.3, -0.25) is 9.52 Å². The second-order valence-electron chi connectivity index (χ2n) is 6.35. The van der Waals surface area contributed by atoms with Crippen molar-refractivity contribution < 1.29 is 22.1 Å². The Balaban J connectivity index is 1.70. The molecule has 10 heteroatoms. The van der Waals surface area contributed by atoms with Crippen LogP contribution in [0.5, 0.6) is 0 Å². The maximum Gasteiger partial charge on any atom is 0.261 e. The summed E-state index contributed by atoms with van der Waals surface area (Å²) in [6.07, 6.45) is 0. The number of aromatic nitrogens is 1. The zero-order valence-corrected chi connectivity index (χ0v) is 17.1. The van der Waals surface area contributed by atoms with E-state index in [1.165, 1.54) is 29.2 Å². The number of nitrogens with one attached hydrogen (secondary N) is 1. The maximum absolute atomic E-state index is 13.2. The predicted octanol–water partition coefficient (Wildman–Crippen LogP) is 3.85. The molecule has 7 nitrogen and oxygen atoms in total. The number of carbonyl (C=O) groups excluding carboxylic acids is 1. The van der Waals surface area contributed by atoms with Crippen LogP contribution in [0, 0.1) is 12.7 Å². The Morgan fingerprint density at radius 3 is 2.48 bits per heavy atom. The Morgan fingerprint density at radius 1 is 1.21 bits per heavy atom.